The lowest BCUT2D eigenvalue weighted by atomic mass is 10.0. The first-order valence-electron chi connectivity index (χ1n) is 6.68. The molecule has 2 rings (SSSR count). The largest absolute Gasteiger partial charge is 0.395 e. The summed E-state index contributed by atoms with van der Waals surface area (Å²) in [7, 11) is -3.60. The Hall–Kier alpha value is -1.37. The van der Waals surface area contributed by atoms with Crippen LogP contribution in [0.25, 0.3) is 0 Å². The average molecular weight is 296 g/mol. The molecule has 0 atom stereocenters. The lowest BCUT2D eigenvalue weighted by Crippen LogP contribution is -2.33. The standard InChI is InChI=1S/C14H20N2O3S/c1-2-8-16(9-10-17)20(18,19)13-6-5-12-4-3-7-15-14(12)11-13/h2,5-6,11,15,17H,1,3-4,7-10H2. The Balaban J connectivity index is 2.35. The molecular weight excluding hydrogens is 276 g/mol. The first kappa shape index (κ1) is 15.0. The number of nitrogens with zero attached hydrogens (tertiary/aromatic N) is 1. The van der Waals surface area contributed by atoms with E-state index in [4.69, 9.17) is 5.11 Å². The molecule has 0 aromatic heterocycles. The van der Waals surface area contributed by atoms with E-state index in [9.17, 15) is 8.42 Å². The average Bonchev–Trinajstić information content (AvgIpc) is 2.46. The molecule has 1 aliphatic heterocycles. The first-order valence-corrected chi connectivity index (χ1v) is 8.12. The Morgan fingerprint density at radius 3 is 2.95 bits per heavy atom. The van der Waals surface area contributed by atoms with Crippen LogP contribution in [0.1, 0.15) is 12.0 Å². The number of rotatable bonds is 6. The summed E-state index contributed by atoms with van der Waals surface area (Å²) in [5.41, 5.74) is 2.03. The first-order chi connectivity index (χ1) is 9.59. The van der Waals surface area contributed by atoms with Gasteiger partial charge in [0, 0.05) is 25.3 Å². The maximum Gasteiger partial charge on any atom is 0.243 e. The summed E-state index contributed by atoms with van der Waals surface area (Å²) < 4.78 is 26.3. The monoisotopic (exact) mass is 296 g/mol. The summed E-state index contributed by atoms with van der Waals surface area (Å²) in [5.74, 6) is 0. The van der Waals surface area contributed by atoms with E-state index < -0.39 is 10.0 Å². The fraction of sp³-hybridized carbons (Fsp3) is 0.429. The lowest BCUT2D eigenvalue weighted by molar-refractivity contribution is 0.260. The quantitative estimate of drug-likeness (QED) is 0.774. The number of fused-ring (bicyclic) bond motifs is 1. The van der Waals surface area contributed by atoms with Gasteiger partial charge in [0.05, 0.1) is 11.5 Å². The Morgan fingerprint density at radius 1 is 1.45 bits per heavy atom. The zero-order chi connectivity index (χ0) is 14.6. The molecular formula is C14H20N2O3S. The van der Waals surface area contributed by atoms with Gasteiger partial charge in [0.1, 0.15) is 0 Å². The summed E-state index contributed by atoms with van der Waals surface area (Å²) in [4.78, 5) is 0.251. The molecule has 1 aliphatic rings. The van der Waals surface area contributed by atoms with Crippen LogP contribution >= 0.6 is 0 Å². The van der Waals surface area contributed by atoms with Crippen molar-refractivity contribution in [3.63, 3.8) is 0 Å². The van der Waals surface area contributed by atoms with Crippen LogP contribution in [-0.2, 0) is 16.4 Å². The van der Waals surface area contributed by atoms with Crippen LogP contribution in [0.4, 0.5) is 5.69 Å². The maximum atomic E-state index is 12.5. The second kappa shape index (κ2) is 6.39. The van der Waals surface area contributed by atoms with Crippen LogP contribution in [0.5, 0.6) is 0 Å². The second-order valence-electron chi connectivity index (χ2n) is 4.72. The van der Waals surface area contributed by atoms with Gasteiger partial charge >= 0.3 is 0 Å². The molecule has 0 saturated carbocycles. The molecule has 2 N–H and O–H groups in total. The van der Waals surface area contributed by atoms with E-state index in [1.165, 1.54) is 10.4 Å². The van der Waals surface area contributed by atoms with Crippen LogP contribution in [0, 0.1) is 0 Å². The highest BCUT2D eigenvalue weighted by atomic mass is 32.2. The molecule has 1 aromatic carbocycles. The van der Waals surface area contributed by atoms with Gasteiger partial charge in [0.2, 0.25) is 10.0 Å². The molecule has 0 aliphatic carbocycles. The number of nitrogens with one attached hydrogen (secondary N) is 1. The lowest BCUT2D eigenvalue weighted by Gasteiger charge is -2.22. The highest BCUT2D eigenvalue weighted by Crippen LogP contribution is 2.26. The highest BCUT2D eigenvalue weighted by molar-refractivity contribution is 7.89. The van der Waals surface area contributed by atoms with Gasteiger partial charge in [0.25, 0.3) is 0 Å². The van der Waals surface area contributed by atoms with Crippen LogP contribution in [-0.4, -0.2) is 44.1 Å². The number of aliphatic hydroxyl groups excluding tert-OH is 1. The van der Waals surface area contributed by atoms with Gasteiger partial charge in [-0.25, -0.2) is 8.42 Å². The summed E-state index contributed by atoms with van der Waals surface area (Å²) in [5, 5.41) is 12.2. The molecule has 1 aromatic rings. The third kappa shape index (κ3) is 3.03. The van der Waals surface area contributed by atoms with Crippen molar-refractivity contribution < 1.29 is 13.5 Å². The number of aliphatic hydroxyl groups is 1. The zero-order valence-electron chi connectivity index (χ0n) is 11.4. The van der Waals surface area contributed by atoms with E-state index in [1.807, 2.05) is 6.07 Å². The molecule has 20 heavy (non-hydrogen) atoms. The molecule has 0 amide bonds. The smallest absolute Gasteiger partial charge is 0.243 e. The molecule has 0 bridgehead atoms. The summed E-state index contributed by atoms with van der Waals surface area (Å²) in [6, 6.07) is 5.17. The van der Waals surface area contributed by atoms with E-state index in [0.29, 0.717) is 0 Å². The van der Waals surface area contributed by atoms with Crippen molar-refractivity contribution in [2.45, 2.75) is 17.7 Å². The molecule has 0 fully saturated rings. The minimum Gasteiger partial charge on any atom is -0.395 e. The third-order valence-corrected chi connectivity index (χ3v) is 5.20. The van der Waals surface area contributed by atoms with E-state index >= 15 is 0 Å². The van der Waals surface area contributed by atoms with Crippen LogP contribution in [0.3, 0.4) is 0 Å². The van der Waals surface area contributed by atoms with Gasteiger partial charge in [-0.2, -0.15) is 4.31 Å². The Morgan fingerprint density at radius 2 is 2.25 bits per heavy atom. The van der Waals surface area contributed by atoms with Gasteiger partial charge in [-0.1, -0.05) is 12.1 Å². The van der Waals surface area contributed by atoms with Crippen molar-refractivity contribution >= 4 is 15.7 Å². The number of benzene rings is 1. The van der Waals surface area contributed by atoms with Crippen molar-refractivity contribution in [3.8, 4) is 0 Å². The second-order valence-corrected chi connectivity index (χ2v) is 6.66. The van der Waals surface area contributed by atoms with Crippen molar-refractivity contribution in [1.82, 2.24) is 4.31 Å². The normalized spacial score (nSPS) is 14.7. The van der Waals surface area contributed by atoms with Crippen LogP contribution in [0.2, 0.25) is 0 Å². The highest BCUT2D eigenvalue weighted by Gasteiger charge is 2.24. The van der Waals surface area contributed by atoms with E-state index in [-0.39, 0.29) is 24.6 Å². The summed E-state index contributed by atoms with van der Waals surface area (Å²) in [6.07, 6.45) is 3.55. The van der Waals surface area contributed by atoms with Crippen molar-refractivity contribution in [2.75, 3.05) is 31.6 Å². The third-order valence-electron chi connectivity index (χ3n) is 3.34. The number of sulfonamides is 1. The molecule has 110 valence electrons. The minimum absolute atomic E-state index is 0.0683. The molecule has 5 nitrogen and oxygen atoms in total. The van der Waals surface area contributed by atoms with Gasteiger partial charge in [-0.05, 0) is 30.5 Å². The van der Waals surface area contributed by atoms with Gasteiger partial charge in [0.15, 0.2) is 0 Å². The van der Waals surface area contributed by atoms with Gasteiger partial charge < -0.3 is 10.4 Å². The summed E-state index contributed by atoms with van der Waals surface area (Å²) >= 11 is 0. The fourth-order valence-electron chi connectivity index (χ4n) is 2.31. The molecule has 0 spiro atoms. The zero-order valence-corrected chi connectivity index (χ0v) is 12.2. The number of anilines is 1. The van der Waals surface area contributed by atoms with Crippen LogP contribution < -0.4 is 5.32 Å². The fourth-order valence-corrected chi connectivity index (χ4v) is 3.74. The molecule has 1 heterocycles. The van der Waals surface area contributed by atoms with Crippen molar-refractivity contribution in [3.05, 3.63) is 36.4 Å². The van der Waals surface area contributed by atoms with Crippen LogP contribution in [0.15, 0.2) is 35.7 Å². The number of aryl methyl sites for hydroxylation is 1. The van der Waals surface area contributed by atoms with Gasteiger partial charge in [-0.3, -0.25) is 0 Å². The topological polar surface area (TPSA) is 69.6 Å². The van der Waals surface area contributed by atoms with Crippen molar-refractivity contribution in [2.24, 2.45) is 0 Å². The Kier molecular flexibility index (Phi) is 4.80. The molecule has 0 unspecified atom stereocenters. The minimum atomic E-state index is -3.60. The molecule has 0 radical (unpaired) electrons. The molecule has 6 heteroatoms. The SMILES string of the molecule is C=CCN(CCO)S(=O)(=O)c1ccc2c(c1)NCCC2. The van der Waals surface area contributed by atoms with E-state index in [0.717, 1.165) is 30.6 Å². The predicted octanol–water partition coefficient (Wildman–Crippen LogP) is 1.21. The van der Waals surface area contributed by atoms with E-state index in [2.05, 4.69) is 11.9 Å². The Bertz CT molecular complexity index is 584. The van der Waals surface area contributed by atoms with Crippen molar-refractivity contribution in [1.29, 1.82) is 0 Å². The Labute approximate surface area is 120 Å². The molecule has 0 saturated heterocycles. The maximum absolute atomic E-state index is 12.5. The predicted molar refractivity (Wildman–Crippen MR) is 79.3 cm³/mol. The number of hydrogen-bond donors (Lipinski definition) is 2. The van der Waals surface area contributed by atoms with Gasteiger partial charge in [-0.15, -0.1) is 6.58 Å². The summed E-state index contributed by atoms with van der Waals surface area (Å²) in [6.45, 7) is 4.47. The number of hydrogen-bond acceptors (Lipinski definition) is 4. The van der Waals surface area contributed by atoms with E-state index in [1.54, 1.807) is 12.1 Å².